The second-order valence-electron chi connectivity index (χ2n) is 6.42. The molecule has 0 spiro atoms. The Morgan fingerprint density at radius 1 is 1.11 bits per heavy atom. The van der Waals surface area contributed by atoms with Crippen LogP contribution in [0.5, 0.6) is 11.5 Å². The van der Waals surface area contributed by atoms with Crippen molar-refractivity contribution in [2.45, 2.75) is 26.3 Å². The third-order valence-corrected chi connectivity index (χ3v) is 4.70. The van der Waals surface area contributed by atoms with Gasteiger partial charge in [-0.15, -0.1) is 0 Å². The average molecular weight is 379 g/mol. The number of carbonyl (C=O) groups is 1. The van der Waals surface area contributed by atoms with Crippen LogP contribution in [-0.2, 0) is 6.42 Å². The van der Waals surface area contributed by atoms with Crippen LogP contribution in [0.1, 0.15) is 41.5 Å². The van der Waals surface area contributed by atoms with Crippen LogP contribution in [0.15, 0.2) is 54.7 Å². The molecule has 6 heteroatoms. The number of nitrogens with one attached hydrogen (secondary N) is 1. The third kappa shape index (κ3) is 3.86. The van der Waals surface area contributed by atoms with E-state index in [4.69, 9.17) is 9.47 Å². The predicted molar refractivity (Wildman–Crippen MR) is 108 cm³/mol. The van der Waals surface area contributed by atoms with Crippen molar-refractivity contribution >= 4 is 5.91 Å². The summed E-state index contributed by atoms with van der Waals surface area (Å²) < 4.78 is 12.4. The summed E-state index contributed by atoms with van der Waals surface area (Å²) in [5, 5.41) is 7.48. The highest BCUT2D eigenvalue weighted by molar-refractivity contribution is 5.95. The van der Waals surface area contributed by atoms with Crippen molar-refractivity contribution in [3.05, 3.63) is 71.5 Å². The lowest BCUT2D eigenvalue weighted by Gasteiger charge is -2.17. The van der Waals surface area contributed by atoms with E-state index in [9.17, 15) is 4.79 Å². The van der Waals surface area contributed by atoms with Crippen molar-refractivity contribution in [1.29, 1.82) is 0 Å². The second kappa shape index (κ2) is 8.61. The lowest BCUT2D eigenvalue weighted by atomic mass is 10.1. The zero-order valence-electron chi connectivity index (χ0n) is 16.6. The number of nitrogens with zero attached hydrogens (tertiary/aromatic N) is 2. The summed E-state index contributed by atoms with van der Waals surface area (Å²) in [7, 11) is 3.19. The van der Waals surface area contributed by atoms with Gasteiger partial charge in [-0.3, -0.25) is 4.79 Å². The van der Waals surface area contributed by atoms with Crippen LogP contribution in [0.4, 0.5) is 0 Å². The van der Waals surface area contributed by atoms with Gasteiger partial charge in [-0.25, -0.2) is 4.68 Å². The number of rotatable bonds is 7. The van der Waals surface area contributed by atoms with Crippen LogP contribution in [0, 0.1) is 0 Å². The molecule has 0 saturated carbocycles. The molecule has 0 fully saturated rings. The maximum Gasteiger partial charge on any atom is 0.255 e. The van der Waals surface area contributed by atoms with Crippen molar-refractivity contribution in [3.8, 4) is 17.2 Å². The van der Waals surface area contributed by atoms with Crippen LogP contribution in [0.25, 0.3) is 5.69 Å². The first-order valence-corrected chi connectivity index (χ1v) is 9.24. The van der Waals surface area contributed by atoms with Gasteiger partial charge in [-0.1, -0.05) is 31.2 Å². The van der Waals surface area contributed by atoms with Gasteiger partial charge < -0.3 is 14.8 Å². The molecule has 2 aromatic carbocycles. The third-order valence-electron chi connectivity index (χ3n) is 4.70. The number of aromatic nitrogens is 2. The zero-order chi connectivity index (χ0) is 20.1. The first-order valence-electron chi connectivity index (χ1n) is 9.24. The normalized spacial score (nSPS) is 11.7. The number of hydrogen-bond acceptors (Lipinski definition) is 4. The monoisotopic (exact) mass is 379 g/mol. The fourth-order valence-corrected chi connectivity index (χ4v) is 3.18. The summed E-state index contributed by atoms with van der Waals surface area (Å²) >= 11 is 0. The Hall–Kier alpha value is -3.28. The number of methoxy groups -OCH3 is 2. The lowest BCUT2D eigenvalue weighted by molar-refractivity contribution is 0.0939. The summed E-state index contributed by atoms with van der Waals surface area (Å²) in [5.74, 6) is 1.13. The molecule has 3 rings (SSSR count). The Morgan fingerprint density at radius 2 is 1.82 bits per heavy atom. The molecule has 1 aromatic heterocycles. The van der Waals surface area contributed by atoms with E-state index in [0.717, 1.165) is 16.9 Å². The molecule has 146 valence electrons. The Morgan fingerprint density at radius 3 is 2.46 bits per heavy atom. The predicted octanol–water partition coefficient (Wildman–Crippen LogP) is 3.94. The van der Waals surface area contributed by atoms with Gasteiger partial charge in [0.15, 0.2) is 11.5 Å². The molecule has 3 aromatic rings. The molecular weight excluding hydrogens is 354 g/mol. The van der Waals surface area contributed by atoms with E-state index in [1.807, 2.05) is 67.1 Å². The zero-order valence-corrected chi connectivity index (χ0v) is 16.6. The van der Waals surface area contributed by atoms with Crippen LogP contribution < -0.4 is 14.8 Å². The minimum absolute atomic E-state index is 0.152. The highest BCUT2D eigenvalue weighted by atomic mass is 16.5. The Labute approximate surface area is 165 Å². The molecule has 1 atom stereocenters. The molecule has 0 aliphatic carbocycles. The highest BCUT2D eigenvalue weighted by Crippen LogP contribution is 2.30. The molecule has 0 aliphatic rings. The number of carbonyl (C=O) groups excluding carboxylic acids is 1. The van der Waals surface area contributed by atoms with Crippen LogP contribution in [0.2, 0.25) is 0 Å². The summed E-state index contributed by atoms with van der Waals surface area (Å²) in [5.41, 5.74) is 3.33. The topological polar surface area (TPSA) is 65.4 Å². The smallest absolute Gasteiger partial charge is 0.255 e. The van der Waals surface area contributed by atoms with Gasteiger partial charge in [0.1, 0.15) is 0 Å². The van der Waals surface area contributed by atoms with E-state index < -0.39 is 0 Å². The van der Waals surface area contributed by atoms with Crippen molar-refractivity contribution in [1.82, 2.24) is 15.1 Å². The number of hydrogen-bond donors (Lipinski definition) is 1. The molecule has 28 heavy (non-hydrogen) atoms. The maximum absolute atomic E-state index is 12.9. The van der Waals surface area contributed by atoms with E-state index in [1.54, 1.807) is 20.4 Å². The quantitative estimate of drug-likeness (QED) is 0.675. The number of amides is 1. The van der Waals surface area contributed by atoms with Crippen molar-refractivity contribution < 1.29 is 14.3 Å². The molecule has 6 nitrogen and oxygen atoms in total. The molecule has 0 radical (unpaired) electrons. The molecule has 0 saturated heterocycles. The van der Waals surface area contributed by atoms with Gasteiger partial charge in [0.2, 0.25) is 0 Å². The average Bonchev–Trinajstić information content (AvgIpc) is 3.18. The fraction of sp³-hybridized carbons (Fsp3) is 0.273. The minimum atomic E-state index is -0.197. The van der Waals surface area contributed by atoms with Crippen molar-refractivity contribution in [2.24, 2.45) is 0 Å². The first kappa shape index (κ1) is 19.5. The first-order chi connectivity index (χ1) is 13.6. The van der Waals surface area contributed by atoms with Gasteiger partial charge in [-0.05, 0) is 43.2 Å². The van der Waals surface area contributed by atoms with Crippen molar-refractivity contribution in [3.63, 3.8) is 0 Å². The van der Waals surface area contributed by atoms with E-state index in [1.165, 1.54) is 0 Å². The van der Waals surface area contributed by atoms with Crippen LogP contribution in [0.3, 0.4) is 0 Å². The van der Waals surface area contributed by atoms with E-state index in [2.05, 4.69) is 10.4 Å². The standard InChI is InChI=1S/C22H25N3O3/c1-5-19-18(14-23-25(19)17-9-7-6-8-10-17)22(26)24-15(2)16-11-12-20(27-3)21(13-16)28-4/h6-15H,5H2,1-4H3,(H,24,26). The second-order valence-corrected chi connectivity index (χ2v) is 6.42. The van der Waals surface area contributed by atoms with Gasteiger partial charge >= 0.3 is 0 Å². The Balaban J connectivity index is 1.82. The molecule has 1 N–H and O–H groups in total. The van der Waals surface area contributed by atoms with Crippen LogP contribution in [-0.4, -0.2) is 29.9 Å². The summed E-state index contributed by atoms with van der Waals surface area (Å²) in [4.78, 5) is 12.9. The number of para-hydroxylation sites is 1. The van der Waals surface area contributed by atoms with Gasteiger partial charge in [0.25, 0.3) is 5.91 Å². The SMILES string of the molecule is CCc1c(C(=O)NC(C)c2ccc(OC)c(OC)c2)cnn1-c1ccccc1. The Bertz CT molecular complexity index is 951. The largest absolute Gasteiger partial charge is 0.493 e. The minimum Gasteiger partial charge on any atom is -0.493 e. The summed E-state index contributed by atoms with van der Waals surface area (Å²) in [6, 6.07) is 15.2. The molecule has 1 amide bonds. The van der Waals surface area contributed by atoms with Gasteiger partial charge in [0, 0.05) is 0 Å². The van der Waals surface area contributed by atoms with Gasteiger partial charge in [0.05, 0.1) is 43.4 Å². The van der Waals surface area contributed by atoms with Gasteiger partial charge in [-0.2, -0.15) is 5.10 Å². The fourth-order valence-electron chi connectivity index (χ4n) is 3.18. The highest BCUT2D eigenvalue weighted by Gasteiger charge is 2.20. The molecule has 1 heterocycles. The molecular formula is C22H25N3O3. The molecule has 0 bridgehead atoms. The Kier molecular flexibility index (Phi) is 5.99. The summed E-state index contributed by atoms with van der Waals surface area (Å²) in [6.07, 6.45) is 2.32. The maximum atomic E-state index is 12.9. The van der Waals surface area contributed by atoms with Crippen LogP contribution >= 0.6 is 0 Å². The van der Waals surface area contributed by atoms with E-state index in [0.29, 0.717) is 23.5 Å². The van der Waals surface area contributed by atoms with Crippen molar-refractivity contribution in [2.75, 3.05) is 14.2 Å². The number of ether oxygens (including phenoxy) is 2. The van der Waals surface area contributed by atoms with E-state index >= 15 is 0 Å². The number of benzene rings is 2. The molecule has 1 unspecified atom stereocenters. The molecule has 0 aliphatic heterocycles. The summed E-state index contributed by atoms with van der Waals surface area (Å²) in [6.45, 7) is 3.96. The lowest BCUT2D eigenvalue weighted by Crippen LogP contribution is -2.27. The van der Waals surface area contributed by atoms with E-state index in [-0.39, 0.29) is 11.9 Å².